The highest BCUT2D eigenvalue weighted by atomic mass is 35.5. The Labute approximate surface area is 121 Å². The van der Waals surface area contributed by atoms with Gasteiger partial charge in [-0.1, -0.05) is 17.7 Å². The van der Waals surface area contributed by atoms with Gasteiger partial charge in [0.15, 0.2) is 5.82 Å². The van der Waals surface area contributed by atoms with Crippen molar-refractivity contribution in [3.05, 3.63) is 35.4 Å². The SMILES string of the molecule is Cn1cnc(CCNS(=O)(=O)c2c(N)cccc2Cl)n1. The number of nitrogens with zero attached hydrogens (tertiary/aromatic N) is 3. The van der Waals surface area contributed by atoms with Crippen molar-refractivity contribution in [1.82, 2.24) is 19.5 Å². The Bertz CT molecular complexity index is 693. The van der Waals surface area contributed by atoms with Gasteiger partial charge >= 0.3 is 0 Å². The van der Waals surface area contributed by atoms with Crippen LogP contribution >= 0.6 is 11.6 Å². The van der Waals surface area contributed by atoms with E-state index < -0.39 is 10.0 Å². The summed E-state index contributed by atoms with van der Waals surface area (Å²) >= 11 is 5.89. The van der Waals surface area contributed by atoms with Crippen LogP contribution in [0.4, 0.5) is 5.69 Å². The summed E-state index contributed by atoms with van der Waals surface area (Å²) in [6.07, 6.45) is 1.93. The molecule has 108 valence electrons. The molecule has 0 radical (unpaired) electrons. The van der Waals surface area contributed by atoms with Gasteiger partial charge in [-0.25, -0.2) is 18.1 Å². The summed E-state index contributed by atoms with van der Waals surface area (Å²) in [5.41, 5.74) is 5.77. The molecule has 3 N–H and O–H groups in total. The minimum absolute atomic E-state index is 0.0912. The summed E-state index contributed by atoms with van der Waals surface area (Å²) in [7, 11) is -2.01. The highest BCUT2D eigenvalue weighted by Crippen LogP contribution is 2.26. The van der Waals surface area contributed by atoms with Gasteiger partial charge in [0.2, 0.25) is 10.0 Å². The van der Waals surface area contributed by atoms with Crippen LogP contribution in [0.15, 0.2) is 29.4 Å². The fraction of sp³-hybridized carbons (Fsp3) is 0.273. The highest BCUT2D eigenvalue weighted by molar-refractivity contribution is 7.89. The molecular formula is C11H14ClN5O2S. The lowest BCUT2D eigenvalue weighted by molar-refractivity contribution is 0.581. The van der Waals surface area contributed by atoms with Crippen LogP contribution in [0.1, 0.15) is 5.82 Å². The first-order valence-corrected chi connectivity index (χ1v) is 7.64. The molecule has 0 saturated heterocycles. The summed E-state index contributed by atoms with van der Waals surface area (Å²) in [6.45, 7) is 0.164. The first-order valence-electron chi connectivity index (χ1n) is 5.78. The van der Waals surface area contributed by atoms with E-state index >= 15 is 0 Å². The molecule has 2 rings (SSSR count). The number of nitrogens with one attached hydrogen (secondary N) is 1. The van der Waals surface area contributed by atoms with Crippen molar-refractivity contribution in [1.29, 1.82) is 0 Å². The molecule has 20 heavy (non-hydrogen) atoms. The summed E-state index contributed by atoms with van der Waals surface area (Å²) < 4.78 is 28.3. The van der Waals surface area contributed by atoms with Crippen molar-refractivity contribution in [3.63, 3.8) is 0 Å². The van der Waals surface area contributed by atoms with E-state index in [1.807, 2.05) is 0 Å². The Morgan fingerprint density at radius 2 is 2.20 bits per heavy atom. The fourth-order valence-electron chi connectivity index (χ4n) is 1.68. The maximum absolute atomic E-state index is 12.1. The minimum Gasteiger partial charge on any atom is -0.398 e. The second-order valence-electron chi connectivity index (χ2n) is 4.14. The van der Waals surface area contributed by atoms with E-state index in [-0.39, 0.29) is 22.2 Å². The van der Waals surface area contributed by atoms with Crippen LogP contribution in [0.25, 0.3) is 0 Å². The van der Waals surface area contributed by atoms with E-state index in [0.717, 1.165) is 0 Å². The number of nitrogens with two attached hydrogens (primary N) is 1. The Hall–Kier alpha value is -1.64. The van der Waals surface area contributed by atoms with Crippen molar-refractivity contribution in [3.8, 4) is 0 Å². The first-order chi connectivity index (χ1) is 9.40. The van der Waals surface area contributed by atoms with Crippen molar-refractivity contribution in [2.75, 3.05) is 12.3 Å². The van der Waals surface area contributed by atoms with Crippen molar-refractivity contribution in [2.45, 2.75) is 11.3 Å². The molecule has 9 heteroatoms. The molecule has 0 aliphatic carbocycles. The molecule has 0 saturated carbocycles. The van der Waals surface area contributed by atoms with Crippen LogP contribution in [0.2, 0.25) is 5.02 Å². The predicted molar refractivity (Wildman–Crippen MR) is 75.8 cm³/mol. The second kappa shape index (κ2) is 5.78. The summed E-state index contributed by atoms with van der Waals surface area (Å²) in [6, 6.07) is 4.56. The molecule has 1 heterocycles. The molecule has 0 aliphatic rings. The van der Waals surface area contributed by atoms with Gasteiger partial charge < -0.3 is 5.73 Å². The Balaban J connectivity index is 2.08. The summed E-state index contributed by atoms with van der Waals surface area (Å²) in [5.74, 6) is 0.558. The van der Waals surface area contributed by atoms with Gasteiger partial charge in [0, 0.05) is 20.0 Å². The molecule has 0 spiro atoms. The van der Waals surface area contributed by atoms with Gasteiger partial charge in [-0.05, 0) is 12.1 Å². The number of nitrogen functional groups attached to an aromatic ring is 1. The molecule has 0 fully saturated rings. The lowest BCUT2D eigenvalue weighted by Crippen LogP contribution is -2.27. The molecule has 0 atom stereocenters. The number of anilines is 1. The van der Waals surface area contributed by atoms with E-state index in [0.29, 0.717) is 12.2 Å². The smallest absolute Gasteiger partial charge is 0.244 e. The lowest BCUT2D eigenvalue weighted by Gasteiger charge is -2.09. The second-order valence-corrected chi connectivity index (χ2v) is 6.25. The van der Waals surface area contributed by atoms with Gasteiger partial charge in [-0.15, -0.1) is 0 Å². The third-order valence-corrected chi connectivity index (χ3v) is 4.56. The summed E-state index contributed by atoms with van der Waals surface area (Å²) in [5, 5.41) is 4.15. The number of aryl methyl sites for hydroxylation is 1. The van der Waals surface area contributed by atoms with Crippen LogP contribution in [0.5, 0.6) is 0 Å². The van der Waals surface area contributed by atoms with Crippen LogP contribution in [0, 0.1) is 0 Å². The number of halogens is 1. The normalized spacial score (nSPS) is 11.7. The van der Waals surface area contributed by atoms with E-state index in [1.54, 1.807) is 24.1 Å². The van der Waals surface area contributed by atoms with Crippen LogP contribution < -0.4 is 10.5 Å². The molecule has 1 aromatic heterocycles. The minimum atomic E-state index is -3.75. The largest absolute Gasteiger partial charge is 0.398 e. The summed E-state index contributed by atoms with van der Waals surface area (Å²) in [4.78, 5) is 3.91. The first kappa shape index (κ1) is 14.8. The van der Waals surface area contributed by atoms with Crippen molar-refractivity contribution in [2.24, 2.45) is 7.05 Å². The monoisotopic (exact) mass is 315 g/mol. The molecule has 7 nitrogen and oxygen atoms in total. The number of benzene rings is 1. The molecule has 0 amide bonds. The number of rotatable bonds is 5. The Morgan fingerprint density at radius 1 is 1.45 bits per heavy atom. The van der Waals surface area contributed by atoms with E-state index in [2.05, 4.69) is 14.8 Å². The average molecular weight is 316 g/mol. The third-order valence-electron chi connectivity index (χ3n) is 2.55. The highest BCUT2D eigenvalue weighted by Gasteiger charge is 2.20. The van der Waals surface area contributed by atoms with Gasteiger partial charge in [0.25, 0.3) is 0 Å². The topological polar surface area (TPSA) is 103 Å². The van der Waals surface area contributed by atoms with Crippen LogP contribution in [-0.2, 0) is 23.5 Å². The Morgan fingerprint density at radius 3 is 2.80 bits per heavy atom. The maximum Gasteiger partial charge on any atom is 0.244 e. The number of sulfonamides is 1. The van der Waals surface area contributed by atoms with Crippen molar-refractivity contribution >= 4 is 27.3 Å². The zero-order valence-corrected chi connectivity index (χ0v) is 12.3. The lowest BCUT2D eigenvalue weighted by atomic mass is 10.3. The fourth-order valence-corrected chi connectivity index (χ4v) is 3.38. The molecule has 0 unspecified atom stereocenters. The molecular weight excluding hydrogens is 302 g/mol. The van der Waals surface area contributed by atoms with Crippen LogP contribution in [-0.4, -0.2) is 29.7 Å². The maximum atomic E-state index is 12.1. The predicted octanol–water partition coefficient (Wildman–Crippen LogP) is 0.572. The van der Waals surface area contributed by atoms with E-state index in [1.165, 1.54) is 12.1 Å². The molecule has 1 aromatic carbocycles. The third kappa shape index (κ3) is 3.27. The number of hydrogen-bond donors (Lipinski definition) is 2. The zero-order valence-electron chi connectivity index (χ0n) is 10.7. The molecule has 2 aromatic rings. The zero-order chi connectivity index (χ0) is 14.8. The Kier molecular flexibility index (Phi) is 4.26. The number of aromatic nitrogens is 3. The van der Waals surface area contributed by atoms with Crippen molar-refractivity contribution < 1.29 is 8.42 Å². The quantitative estimate of drug-likeness (QED) is 0.785. The van der Waals surface area contributed by atoms with Gasteiger partial charge in [0.1, 0.15) is 11.2 Å². The van der Waals surface area contributed by atoms with Gasteiger partial charge in [-0.3, -0.25) is 4.68 Å². The van der Waals surface area contributed by atoms with Gasteiger partial charge in [0.05, 0.1) is 10.7 Å². The molecule has 0 bridgehead atoms. The average Bonchev–Trinajstić information content (AvgIpc) is 2.74. The number of hydrogen-bond acceptors (Lipinski definition) is 5. The van der Waals surface area contributed by atoms with Crippen LogP contribution in [0.3, 0.4) is 0 Å². The standard InChI is InChI=1S/C11H14ClN5O2S/c1-17-7-14-10(16-17)5-6-15-20(18,19)11-8(12)3-2-4-9(11)13/h2-4,7,15H,5-6,13H2,1H3. The van der Waals surface area contributed by atoms with E-state index in [9.17, 15) is 8.42 Å². The van der Waals surface area contributed by atoms with Gasteiger partial charge in [-0.2, -0.15) is 5.10 Å². The van der Waals surface area contributed by atoms with E-state index in [4.69, 9.17) is 17.3 Å². The molecule has 0 aliphatic heterocycles.